The van der Waals surface area contributed by atoms with Crippen molar-refractivity contribution in [1.82, 2.24) is 14.4 Å². The number of para-hydroxylation sites is 1. The van der Waals surface area contributed by atoms with Gasteiger partial charge in [-0.3, -0.25) is 9.59 Å². The third-order valence-corrected chi connectivity index (χ3v) is 9.08. The third-order valence-electron chi connectivity index (χ3n) is 8.09. The van der Waals surface area contributed by atoms with E-state index in [4.69, 9.17) is 25.3 Å². The van der Waals surface area contributed by atoms with Gasteiger partial charge in [0, 0.05) is 62.0 Å². The average Bonchev–Trinajstić information content (AvgIpc) is 3.31. The number of ether oxygens (including phenoxy) is 1. The molecule has 1 aromatic heterocycles. The van der Waals surface area contributed by atoms with E-state index >= 15 is 9.18 Å². The van der Waals surface area contributed by atoms with Gasteiger partial charge in [0.15, 0.2) is 17.1 Å². The zero-order chi connectivity index (χ0) is 54.3. The van der Waals surface area contributed by atoms with E-state index in [9.17, 15) is 27.8 Å². The van der Waals surface area contributed by atoms with E-state index < -0.39 is 194 Å². The minimum absolute atomic E-state index is 0.0467. The quantitative estimate of drug-likeness (QED) is 0.0940. The number of pyridine rings is 1. The highest BCUT2D eigenvalue weighted by atomic mass is 32.2. The lowest BCUT2D eigenvalue weighted by atomic mass is 9.98. The van der Waals surface area contributed by atoms with Gasteiger partial charge in [-0.2, -0.15) is 13.2 Å². The molecule has 1 amide bonds. The van der Waals surface area contributed by atoms with Gasteiger partial charge in [0.1, 0.15) is 6.50 Å². The Bertz CT molecular complexity index is 3070. The Morgan fingerprint density at radius 1 is 0.981 bits per heavy atom. The second kappa shape index (κ2) is 16.7. The number of carbonyl (C=O) groups is 1. The fourth-order valence-electron chi connectivity index (χ4n) is 5.41. The van der Waals surface area contributed by atoms with Crippen LogP contribution >= 0.6 is 11.8 Å². The zero-order valence-corrected chi connectivity index (χ0v) is 28.7. The smallest absolute Gasteiger partial charge is 0.383 e. The predicted molar refractivity (Wildman–Crippen MR) is 198 cm³/mol. The average molecular weight is 769 g/mol. The maximum absolute atomic E-state index is 15.5. The number of fused-ring (bicyclic) bond motifs is 1. The zero-order valence-electron chi connectivity index (χ0n) is 46.9. The number of carbonyl (C=O) groups excluding carboxylic acids is 1. The Morgan fingerprint density at radius 2 is 1.70 bits per heavy atom. The fraction of sp³-hybridized carbons (Fsp3) is 0.317. The Kier molecular flexibility index (Phi) is 6.54. The van der Waals surface area contributed by atoms with Crippen molar-refractivity contribution in [2.45, 2.75) is 55.8 Å². The van der Waals surface area contributed by atoms with E-state index in [1.807, 2.05) is 4.90 Å². The molecule has 6 nitrogen and oxygen atoms in total. The molecule has 0 bridgehead atoms. The van der Waals surface area contributed by atoms with Crippen molar-refractivity contribution >= 4 is 28.6 Å². The van der Waals surface area contributed by atoms with Crippen LogP contribution in [0.3, 0.4) is 0 Å². The van der Waals surface area contributed by atoms with E-state index in [2.05, 4.69) is 0 Å². The summed E-state index contributed by atoms with van der Waals surface area (Å²) in [7, 11) is 1.42. The Balaban J connectivity index is 1.65. The summed E-state index contributed by atoms with van der Waals surface area (Å²) in [5.41, 5.74) is -9.39. The van der Waals surface area contributed by atoms with E-state index in [1.165, 1.54) is 7.11 Å². The molecule has 0 radical (unpaired) electrons. The van der Waals surface area contributed by atoms with Crippen LogP contribution in [0.25, 0.3) is 22.0 Å². The molecule has 0 unspecified atom stereocenters. The van der Waals surface area contributed by atoms with Crippen molar-refractivity contribution in [3.8, 4) is 11.1 Å². The second-order valence-electron chi connectivity index (χ2n) is 11.6. The number of piperidine rings is 1. The number of benzene rings is 4. The first kappa shape index (κ1) is 20.8. The molecule has 1 fully saturated rings. The molecule has 5 aromatic rings. The first-order valence-electron chi connectivity index (χ1n) is 25.3. The normalized spacial score (nSPS) is 19.8. The van der Waals surface area contributed by atoms with Gasteiger partial charge in [-0.15, -0.1) is 11.8 Å². The van der Waals surface area contributed by atoms with Gasteiger partial charge in [0.05, 0.1) is 48.8 Å². The van der Waals surface area contributed by atoms with Crippen molar-refractivity contribution in [1.29, 1.82) is 0 Å². The molecule has 0 saturated carbocycles. The number of hydrogen-bond donors (Lipinski definition) is 0. The van der Waals surface area contributed by atoms with Crippen LogP contribution < -0.4 is 5.43 Å². The first-order chi connectivity index (χ1) is 33.2. The van der Waals surface area contributed by atoms with Crippen LogP contribution in [0, 0.1) is 18.6 Å². The molecule has 0 aliphatic carbocycles. The molecule has 278 valence electrons. The van der Waals surface area contributed by atoms with Crippen LogP contribution in [0.1, 0.15) is 61.1 Å². The lowest BCUT2D eigenvalue weighted by Crippen LogP contribution is -2.48. The summed E-state index contributed by atoms with van der Waals surface area (Å²) in [6.45, 7) is -6.29. The molecule has 6 rings (SSSR count). The molecule has 1 saturated heterocycles. The Morgan fingerprint density at radius 3 is 2.42 bits per heavy atom. The number of alkyl halides is 3. The van der Waals surface area contributed by atoms with Crippen LogP contribution in [-0.2, 0) is 34.5 Å². The summed E-state index contributed by atoms with van der Waals surface area (Å²) in [5, 5.41) is -2.11. The summed E-state index contributed by atoms with van der Waals surface area (Å²) in [6.07, 6.45) is -5.68. The predicted octanol–water partition coefficient (Wildman–Crippen LogP) is 8.71. The number of aromatic nitrogens is 1. The lowest BCUT2D eigenvalue weighted by Gasteiger charge is -2.39. The largest absolute Gasteiger partial charge is 0.416 e. The monoisotopic (exact) mass is 768 g/mol. The highest BCUT2D eigenvalue weighted by molar-refractivity contribution is 7.98. The number of methoxy groups -OCH3 is 1. The van der Waals surface area contributed by atoms with Gasteiger partial charge in [0.2, 0.25) is 5.91 Å². The van der Waals surface area contributed by atoms with Crippen molar-refractivity contribution in [2.24, 2.45) is 0 Å². The fourth-order valence-corrected chi connectivity index (χ4v) is 6.32. The molecule has 1 aliphatic rings. The van der Waals surface area contributed by atoms with Gasteiger partial charge < -0.3 is 19.1 Å². The Hall–Kier alpha value is -4.52. The summed E-state index contributed by atoms with van der Waals surface area (Å²) >= 11 is 0.0626. The SMILES string of the molecule is [2H]c1c([2H])c(F)c(F)c(CSc2c([2H])c(=O)c3c([2H])c([2H])c([2H])c([2H])c3n2C([2H])([2H])C(=O)N(C2CCN(CCOC)CC2)C([2H])([2H])c2c([2H])c([2H])c(-c3c([2H])c([2H])c(C(F)(F)F)c(C)c3[2H])c([2H])c2[2H])c1[2H]. The van der Waals surface area contributed by atoms with E-state index in [0.717, 1.165) is 6.92 Å². The van der Waals surface area contributed by atoms with Gasteiger partial charge in [-0.25, -0.2) is 8.78 Å². The summed E-state index contributed by atoms with van der Waals surface area (Å²) in [6, 6.07) is -19.8. The highest BCUT2D eigenvalue weighted by Gasteiger charge is 2.32. The number of halogens is 5. The molecular weight excluding hydrogens is 710 g/mol. The second-order valence-corrected chi connectivity index (χ2v) is 12.5. The minimum atomic E-state index is -5.24. The summed E-state index contributed by atoms with van der Waals surface area (Å²) in [5.74, 6) is -6.77. The highest BCUT2D eigenvalue weighted by Crippen LogP contribution is 2.34. The molecule has 2 heterocycles. The van der Waals surface area contributed by atoms with Crippen LogP contribution in [0.15, 0.2) is 100 Å². The van der Waals surface area contributed by atoms with Crippen LogP contribution in [0.4, 0.5) is 22.0 Å². The molecule has 1 aliphatic heterocycles. The number of likely N-dealkylation sites (tertiary alicyclic amines) is 1. The van der Waals surface area contributed by atoms with Gasteiger partial charge in [-0.05, 0) is 66.2 Å². The van der Waals surface area contributed by atoms with Gasteiger partial charge in [0.25, 0.3) is 0 Å². The number of nitrogens with zero attached hydrogens (tertiary/aromatic N) is 3. The van der Waals surface area contributed by atoms with Crippen LogP contribution in [0.2, 0.25) is 0 Å². The van der Waals surface area contributed by atoms with Crippen molar-refractivity contribution < 1.29 is 57.5 Å². The maximum Gasteiger partial charge on any atom is 0.416 e. The van der Waals surface area contributed by atoms with Crippen LogP contribution in [0.5, 0.6) is 0 Å². The van der Waals surface area contributed by atoms with Crippen molar-refractivity contribution in [3.05, 3.63) is 135 Å². The molecule has 4 aromatic carbocycles. The molecule has 0 spiro atoms. The first-order valence-corrected chi connectivity index (χ1v) is 16.8. The van der Waals surface area contributed by atoms with Crippen LogP contribution in [-0.4, -0.2) is 59.7 Å². The van der Waals surface area contributed by atoms with E-state index in [1.54, 1.807) is 0 Å². The standard InChI is InChI=1S/C41H40F5N3O3S/c1-27-22-30(14-15-34(27)41(44,45)46)29-12-10-28(11-13-29)24-48(32-16-18-47(19-17-32)20-21-52-2)38(51)25-49-36-9-4-3-7-33(36)37(50)23-39(49)53-26-31-6-5-8-35(42)40(31)43/h3-15,22-23,32H,16-21,24-26H2,1-2H3/i3D,4D,5D,6D,7D,8D,9D,10D,11D,12D,13D,14D,15D,22D,23D,24D2,25D2. The molecule has 0 N–H and O–H groups in total. The van der Waals surface area contributed by atoms with E-state index in [0.29, 0.717) is 6.54 Å². The molecule has 0 atom stereocenters. The number of thioether (sulfide) groups is 1. The molecule has 53 heavy (non-hydrogen) atoms. The Labute approximate surface area is 335 Å². The van der Waals surface area contributed by atoms with Gasteiger partial charge >= 0.3 is 6.18 Å². The lowest BCUT2D eigenvalue weighted by molar-refractivity contribution is -0.138. The van der Waals surface area contributed by atoms with Crippen molar-refractivity contribution in [3.63, 3.8) is 0 Å². The topological polar surface area (TPSA) is 54.8 Å². The maximum atomic E-state index is 15.5. The number of hydrogen-bond acceptors (Lipinski definition) is 5. The van der Waals surface area contributed by atoms with Gasteiger partial charge in [-0.1, -0.05) is 60.4 Å². The minimum Gasteiger partial charge on any atom is -0.383 e. The summed E-state index contributed by atoms with van der Waals surface area (Å²) in [4.78, 5) is 31.5. The number of rotatable bonds is 12. The number of amides is 1. The molecule has 12 heteroatoms. The third kappa shape index (κ3) is 9.00. The van der Waals surface area contributed by atoms with Crippen molar-refractivity contribution in [2.75, 3.05) is 33.4 Å². The summed E-state index contributed by atoms with van der Waals surface area (Å²) < 4.78 is 244. The molecular formula is C41H40F5N3O3S. The van der Waals surface area contributed by atoms with E-state index in [-0.39, 0.29) is 53.8 Å².